The lowest BCUT2D eigenvalue weighted by Crippen LogP contribution is -1.91. The zero-order chi connectivity index (χ0) is 11.7. The van der Waals surface area contributed by atoms with Gasteiger partial charge in [-0.2, -0.15) is 0 Å². The second-order valence-electron chi connectivity index (χ2n) is 3.17. The minimum absolute atomic E-state index is 0.0842. The van der Waals surface area contributed by atoms with Crippen LogP contribution in [0.15, 0.2) is 28.7 Å². The van der Waals surface area contributed by atoms with E-state index in [-0.39, 0.29) is 18.1 Å². The van der Waals surface area contributed by atoms with Crippen LogP contribution in [-0.4, -0.2) is 5.11 Å². The van der Waals surface area contributed by atoms with Crippen molar-refractivity contribution >= 4 is 0 Å². The Bertz CT molecular complexity index is 497. The molecule has 1 heterocycles. The van der Waals surface area contributed by atoms with Crippen molar-refractivity contribution in [1.82, 2.24) is 0 Å². The monoisotopic (exact) mass is 228 g/mol. The molecular weight excluding hydrogens is 221 g/mol. The molecule has 0 saturated heterocycles. The van der Waals surface area contributed by atoms with Crippen LogP contribution in [0.5, 0.6) is 0 Å². The van der Waals surface area contributed by atoms with Crippen molar-refractivity contribution in [3.05, 3.63) is 47.5 Å². The molecule has 0 saturated carbocycles. The number of rotatable bonds is 2. The van der Waals surface area contributed by atoms with Crippen LogP contribution in [0.4, 0.5) is 13.2 Å². The maximum absolute atomic E-state index is 13.3. The first-order chi connectivity index (χ1) is 7.61. The topological polar surface area (TPSA) is 33.4 Å². The lowest BCUT2D eigenvalue weighted by Gasteiger charge is -2.01. The number of aliphatic hydroxyl groups is 1. The van der Waals surface area contributed by atoms with Crippen molar-refractivity contribution < 1.29 is 22.7 Å². The molecule has 0 fully saturated rings. The Labute approximate surface area is 88.9 Å². The van der Waals surface area contributed by atoms with Gasteiger partial charge in [0.05, 0.1) is 5.56 Å². The standard InChI is InChI=1S/C11H7F3O2/c12-6-3-8(13)11(9(14)4-6)10-2-1-7(5-15)16-10/h1-4,15H,5H2. The number of furan rings is 1. The van der Waals surface area contributed by atoms with Gasteiger partial charge >= 0.3 is 0 Å². The molecule has 1 aromatic carbocycles. The highest BCUT2D eigenvalue weighted by molar-refractivity contribution is 5.59. The molecular formula is C11H7F3O2. The van der Waals surface area contributed by atoms with Crippen LogP contribution in [0.3, 0.4) is 0 Å². The lowest BCUT2D eigenvalue weighted by atomic mass is 10.1. The molecule has 0 unspecified atom stereocenters. The first-order valence-corrected chi connectivity index (χ1v) is 4.46. The quantitative estimate of drug-likeness (QED) is 0.857. The third-order valence-electron chi connectivity index (χ3n) is 2.07. The van der Waals surface area contributed by atoms with E-state index in [1.54, 1.807) is 0 Å². The van der Waals surface area contributed by atoms with Crippen LogP contribution in [0.25, 0.3) is 11.3 Å². The zero-order valence-electron chi connectivity index (χ0n) is 8.01. The summed E-state index contributed by atoms with van der Waals surface area (Å²) in [4.78, 5) is 0. The summed E-state index contributed by atoms with van der Waals surface area (Å²) >= 11 is 0. The summed E-state index contributed by atoms with van der Waals surface area (Å²) in [5.74, 6) is -2.99. The Hall–Kier alpha value is -1.75. The molecule has 0 aliphatic heterocycles. The van der Waals surface area contributed by atoms with Gasteiger partial charge in [-0.1, -0.05) is 0 Å². The van der Waals surface area contributed by atoms with Gasteiger partial charge in [0.25, 0.3) is 0 Å². The van der Waals surface area contributed by atoms with Crippen molar-refractivity contribution in [2.24, 2.45) is 0 Å². The van der Waals surface area contributed by atoms with Crippen molar-refractivity contribution in [3.63, 3.8) is 0 Å². The van der Waals surface area contributed by atoms with E-state index >= 15 is 0 Å². The molecule has 0 bridgehead atoms. The molecule has 2 nitrogen and oxygen atoms in total. The second kappa shape index (κ2) is 4.02. The Balaban J connectivity index is 2.55. The van der Waals surface area contributed by atoms with Crippen LogP contribution >= 0.6 is 0 Å². The van der Waals surface area contributed by atoms with Gasteiger partial charge in [0.1, 0.15) is 35.6 Å². The molecule has 0 spiro atoms. The van der Waals surface area contributed by atoms with Crippen molar-refractivity contribution in [1.29, 1.82) is 0 Å². The molecule has 84 valence electrons. The van der Waals surface area contributed by atoms with E-state index in [1.807, 2.05) is 0 Å². The SMILES string of the molecule is OCc1ccc(-c2c(F)cc(F)cc2F)o1. The van der Waals surface area contributed by atoms with E-state index < -0.39 is 23.0 Å². The summed E-state index contributed by atoms with van der Waals surface area (Å²) in [5.41, 5.74) is -0.443. The predicted octanol–water partition coefficient (Wildman–Crippen LogP) is 2.86. The number of benzene rings is 1. The van der Waals surface area contributed by atoms with Gasteiger partial charge in [-0.05, 0) is 12.1 Å². The molecule has 16 heavy (non-hydrogen) atoms. The van der Waals surface area contributed by atoms with Crippen LogP contribution < -0.4 is 0 Å². The maximum atomic E-state index is 13.3. The van der Waals surface area contributed by atoms with E-state index in [2.05, 4.69) is 0 Å². The summed E-state index contributed by atoms with van der Waals surface area (Å²) < 4.78 is 44.2. The van der Waals surface area contributed by atoms with Crippen LogP contribution in [0.1, 0.15) is 5.76 Å². The molecule has 0 radical (unpaired) electrons. The summed E-state index contributed by atoms with van der Waals surface area (Å²) in [6.45, 7) is -0.371. The van der Waals surface area contributed by atoms with Gasteiger partial charge in [-0.3, -0.25) is 0 Å². The minimum Gasteiger partial charge on any atom is -0.458 e. The van der Waals surface area contributed by atoms with E-state index in [0.29, 0.717) is 12.1 Å². The Kier molecular flexibility index (Phi) is 2.70. The first kappa shape index (κ1) is 10.8. The molecule has 0 amide bonds. The average molecular weight is 228 g/mol. The lowest BCUT2D eigenvalue weighted by molar-refractivity contribution is 0.248. The fraction of sp³-hybridized carbons (Fsp3) is 0.0909. The van der Waals surface area contributed by atoms with Crippen LogP contribution in [0.2, 0.25) is 0 Å². The van der Waals surface area contributed by atoms with Gasteiger partial charge in [-0.15, -0.1) is 0 Å². The van der Waals surface area contributed by atoms with E-state index in [4.69, 9.17) is 9.52 Å². The number of hydrogen-bond donors (Lipinski definition) is 1. The predicted molar refractivity (Wildman–Crippen MR) is 49.9 cm³/mol. The zero-order valence-corrected chi connectivity index (χ0v) is 8.01. The minimum atomic E-state index is -1.05. The van der Waals surface area contributed by atoms with Crippen molar-refractivity contribution in [2.75, 3.05) is 0 Å². The van der Waals surface area contributed by atoms with Crippen LogP contribution in [-0.2, 0) is 6.61 Å². The van der Waals surface area contributed by atoms with Gasteiger partial charge in [0.2, 0.25) is 0 Å². The van der Waals surface area contributed by atoms with Gasteiger partial charge in [0, 0.05) is 12.1 Å². The number of aliphatic hydroxyl groups excluding tert-OH is 1. The number of halogens is 3. The van der Waals surface area contributed by atoms with Crippen molar-refractivity contribution in [2.45, 2.75) is 6.61 Å². The summed E-state index contributed by atoms with van der Waals surface area (Å²) in [6, 6.07) is 3.83. The molecule has 1 N–H and O–H groups in total. The van der Waals surface area contributed by atoms with E-state index in [0.717, 1.165) is 0 Å². The summed E-state index contributed by atoms with van der Waals surface area (Å²) in [7, 11) is 0. The molecule has 2 rings (SSSR count). The summed E-state index contributed by atoms with van der Waals surface area (Å²) in [5, 5.41) is 8.74. The third-order valence-corrected chi connectivity index (χ3v) is 2.07. The highest BCUT2D eigenvalue weighted by Gasteiger charge is 2.16. The highest BCUT2D eigenvalue weighted by Crippen LogP contribution is 2.28. The fourth-order valence-electron chi connectivity index (χ4n) is 1.37. The summed E-state index contributed by atoms with van der Waals surface area (Å²) in [6.07, 6.45) is 0. The molecule has 5 heteroatoms. The van der Waals surface area contributed by atoms with Crippen LogP contribution in [0, 0.1) is 17.5 Å². The third kappa shape index (κ3) is 1.81. The largest absolute Gasteiger partial charge is 0.458 e. The molecule has 0 atom stereocenters. The fourth-order valence-corrected chi connectivity index (χ4v) is 1.37. The molecule has 2 aromatic rings. The molecule has 1 aromatic heterocycles. The first-order valence-electron chi connectivity index (χ1n) is 4.46. The smallest absolute Gasteiger partial charge is 0.140 e. The Morgan fingerprint density at radius 2 is 1.69 bits per heavy atom. The molecule has 0 aliphatic rings. The van der Waals surface area contributed by atoms with Gasteiger partial charge in [-0.25, -0.2) is 13.2 Å². The highest BCUT2D eigenvalue weighted by atomic mass is 19.1. The van der Waals surface area contributed by atoms with Crippen molar-refractivity contribution in [3.8, 4) is 11.3 Å². The average Bonchev–Trinajstić information content (AvgIpc) is 2.64. The molecule has 0 aliphatic carbocycles. The van der Waals surface area contributed by atoms with Gasteiger partial charge in [0.15, 0.2) is 0 Å². The Morgan fingerprint density at radius 3 is 2.19 bits per heavy atom. The van der Waals surface area contributed by atoms with Gasteiger partial charge < -0.3 is 9.52 Å². The normalized spacial score (nSPS) is 10.8. The second-order valence-corrected chi connectivity index (χ2v) is 3.17. The maximum Gasteiger partial charge on any atom is 0.140 e. The Morgan fingerprint density at radius 1 is 1.06 bits per heavy atom. The number of hydrogen-bond acceptors (Lipinski definition) is 2. The van der Waals surface area contributed by atoms with E-state index in [9.17, 15) is 13.2 Å². The van der Waals surface area contributed by atoms with E-state index in [1.165, 1.54) is 12.1 Å².